The minimum atomic E-state index is -1.26. The molecule has 8 N–H and O–H groups in total. The molecule has 0 aromatic carbocycles. The van der Waals surface area contributed by atoms with Crippen LogP contribution in [-0.2, 0) is 24.0 Å². The largest absolute Gasteiger partial charge is 0.480 e. The summed E-state index contributed by atoms with van der Waals surface area (Å²) in [5, 5.41) is 15.8. The molecule has 12 heteroatoms. The highest BCUT2D eigenvalue weighted by Gasteiger charge is 2.28. The molecule has 0 aromatic heterocycles. The van der Waals surface area contributed by atoms with E-state index in [-0.39, 0.29) is 30.9 Å². The Morgan fingerprint density at radius 3 is 2.04 bits per heavy atom. The molecule has 0 aliphatic heterocycles. The Hall–Kier alpha value is -2.34. The van der Waals surface area contributed by atoms with Gasteiger partial charge < -0.3 is 32.5 Å². The molecule has 0 heterocycles. The first-order valence-corrected chi connectivity index (χ1v) is 9.36. The van der Waals surface area contributed by atoms with Gasteiger partial charge in [-0.2, -0.15) is 12.6 Å². The van der Waals surface area contributed by atoms with Crippen molar-refractivity contribution in [2.75, 3.05) is 12.3 Å². The van der Waals surface area contributed by atoms with E-state index in [0.717, 1.165) is 0 Å². The number of nitrogens with two attached hydrogens (primary N) is 2. The lowest BCUT2D eigenvalue weighted by atomic mass is 10.0. The van der Waals surface area contributed by atoms with Gasteiger partial charge in [0.2, 0.25) is 23.6 Å². The number of aliphatic carboxylic acids is 1. The molecule has 3 unspecified atom stereocenters. The minimum Gasteiger partial charge on any atom is -0.480 e. The van der Waals surface area contributed by atoms with E-state index in [0.29, 0.717) is 0 Å². The van der Waals surface area contributed by atoms with Crippen molar-refractivity contribution in [1.29, 1.82) is 0 Å². The number of thiol groups is 1. The molecule has 0 aliphatic carbocycles. The summed E-state index contributed by atoms with van der Waals surface area (Å²) in [7, 11) is 0. The fourth-order valence-corrected chi connectivity index (χ4v) is 2.34. The SMILES string of the molecule is CC(C)CC(NC(=O)C(N)CS)C(=O)NC(CCC(N)=O)C(=O)NCC(=O)O. The Kier molecular flexibility index (Phi) is 11.9. The Morgan fingerprint density at radius 2 is 1.57 bits per heavy atom. The van der Waals surface area contributed by atoms with E-state index >= 15 is 0 Å². The zero-order chi connectivity index (χ0) is 21.9. The van der Waals surface area contributed by atoms with Gasteiger partial charge in [-0.25, -0.2) is 0 Å². The van der Waals surface area contributed by atoms with E-state index in [1.165, 1.54) is 0 Å². The van der Waals surface area contributed by atoms with Crippen molar-refractivity contribution >= 4 is 42.2 Å². The first kappa shape index (κ1) is 25.7. The fraction of sp³-hybridized carbons (Fsp3) is 0.688. The second-order valence-corrected chi connectivity index (χ2v) is 7.02. The van der Waals surface area contributed by atoms with Crippen molar-refractivity contribution in [3.63, 3.8) is 0 Å². The number of rotatable bonds is 13. The molecule has 3 atom stereocenters. The van der Waals surface area contributed by atoms with E-state index in [9.17, 15) is 24.0 Å². The predicted octanol–water partition coefficient (Wildman–Crippen LogP) is -2.27. The summed E-state index contributed by atoms with van der Waals surface area (Å²) in [6.45, 7) is 3.04. The van der Waals surface area contributed by atoms with Gasteiger partial charge in [0.25, 0.3) is 0 Å². The molecule has 0 radical (unpaired) electrons. The number of hydrogen-bond acceptors (Lipinski definition) is 7. The lowest BCUT2D eigenvalue weighted by Crippen LogP contribution is -2.56. The van der Waals surface area contributed by atoms with Crippen LogP contribution >= 0.6 is 12.6 Å². The highest BCUT2D eigenvalue weighted by atomic mass is 32.1. The second kappa shape index (κ2) is 12.9. The molecule has 28 heavy (non-hydrogen) atoms. The zero-order valence-corrected chi connectivity index (χ0v) is 16.8. The van der Waals surface area contributed by atoms with E-state index in [4.69, 9.17) is 16.6 Å². The summed E-state index contributed by atoms with van der Waals surface area (Å²) in [5.41, 5.74) is 10.7. The summed E-state index contributed by atoms with van der Waals surface area (Å²) in [5.74, 6) is -3.84. The van der Waals surface area contributed by atoms with Crippen LogP contribution in [0, 0.1) is 5.92 Å². The summed E-state index contributed by atoms with van der Waals surface area (Å²) in [6, 6.07) is -3.07. The van der Waals surface area contributed by atoms with Crippen LogP contribution in [0.5, 0.6) is 0 Å². The maximum Gasteiger partial charge on any atom is 0.322 e. The van der Waals surface area contributed by atoms with E-state index in [1.54, 1.807) is 0 Å². The van der Waals surface area contributed by atoms with E-state index in [1.807, 2.05) is 13.8 Å². The van der Waals surface area contributed by atoms with Crippen molar-refractivity contribution in [1.82, 2.24) is 16.0 Å². The topological polar surface area (TPSA) is 194 Å². The molecule has 0 spiro atoms. The average Bonchev–Trinajstić information content (AvgIpc) is 2.60. The van der Waals surface area contributed by atoms with E-state index < -0.39 is 54.3 Å². The highest BCUT2D eigenvalue weighted by molar-refractivity contribution is 7.80. The third kappa shape index (κ3) is 10.7. The van der Waals surface area contributed by atoms with Gasteiger partial charge in [-0.05, 0) is 18.8 Å². The lowest BCUT2D eigenvalue weighted by molar-refractivity contribution is -0.138. The smallest absolute Gasteiger partial charge is 0.322 e. The summed E-state index contributed by atoms with van der Waals surface area (Å²) < 4.78 is 0. The first-order valence-electron chi connectivity index (χ1n) is 8.72. The first-order chi connectivity index (χ1) is 13.0. The minimum absolute atomic E-state index is 0.0354. The van der Waals surface area contributed by atoms with Gasteiger partial charge in [-0.15, -0.1) is 0 Å². The maximum atomic E-state index is 12.6. The third-order valence-corrected chi connectivity index (χ3v) is 3.99. The van der Waals surface area contributed by atoms with Crippen LogP contribution in [0.2, 0.25) is 0 Å². The van der Waals surface area contributed by atoms with Gasteiger partial charge in [0, 0.05) is 12.2 Å². The standard InChI is InChI=1S/C16H29N5O6S/c1-8(2)5-11(21-14(25)9(17)7-28)16(27)20-10(3-4-12(18)22)15(26)19-6-13(23)24/h8-11,28H,3-7,17H2,1-2H3,(H2,18,22)(H,19,26)(H,20,27)(H,21,25)(H,23,24). The van der Waals surface area contributed by atoms with Gasteiger partial charge in [0.05, 0.1) is 6.04 Å². The average molecular weight is 420 g/mol. The Bertz CT molecular complexity index is 586. The Labute approximate surface area is 168 Å². The number of carbonyl (C=O) groups is 5. The van der Waals surface area contributed by atoms with Crippen LogP contribution in [0.3, 0.4) is 0 Å². The molecule has 0 aliphatic rings. The van der Waals surface area contributed by atoms with Gasteiger partial charge in [0.15, 0.2) is 0 Å². The number of hydrogen-bond donors (Lipinski definition) is 7. The number of carboxylic acid groups (broad SMARTS) is 1. The Balaban J connectivity index is 5.23. The fourth-order valence-electron chi connectivity index (χ4n) is 2.18. The highest BCUT2D eigenvalue weighted by Crippen LogP contribution is 2.07. The molecule has 0 rings (SSSR count). The van der Waals surface area contributed by atoms with Crippen LogP contribution in [0.25, 0.3) is 0 Å². The molecule has 0 saturated heterocycles. The molecule has 0 bridgehead atoms. The van der Waals surface area contributed by atoms with Crippen molar-refractivity contribution in [2.45, 2.75) is 51.2 Å². The van der Waals surface area contributed by atoms with Gasteiger partial charge in [0.1, 0.15) is 18.6 Å². The Morgan fingerprint density at radius 1 is 1.00 bits per heavy atom. The van der Waals surface area contributed by atoms with Crippen LogP contribution in [0.4, 0.5) is 0 Å². The molecule has 11 nitrogen and oxygen atoms in total. The maximum absolute atomic E-state index is 12.6. The molecular weight excluding hydrogens is 390 g/mol. The van der Waals surface area contributed by atoms with E-state index in [2.05, 4.69) is 28.6 Å². The van der Waals surface area contributed by atoms with Crippen LogP contribution in [-0.4, -0.2) is 65.1 Å². The summed E-state index contributed by atoms with van der Waals surface area (Å²) in [4.78, 5) is 58.4. The van der Waals surface area contributed by atoms with Gasteiger partial charge in [-0.1, -0.05) is 13.8 Å². The van der Waals surface area contributed by atoms with Crippen molar-refractivity contribution < 1.29 is 29.1 Å². The lowest BCUT2D eigenvalue weighted by Gasteiger charge is -2.24. The monoisotopic (exact) mass is 419 g/mol. The molecule has 4 amide bonds. The third-order valence-electron chi connectivity index (χ3n) is 3.60. The number of amides is 4. The molecule has 0 saturated carbocycles. The van der Waals surface area contributed by atoms with Crippen molar-refractivity contribution in [3.05, 3.63) is 0 Å². The molecule has 0 aromatic rings. The van der Waals surface area contributed by atoms with Crippen molar-refractivity contribution in [2.24, 2.45) is 17.4 Å². The van der Waals surface area contributed by atoms with Gasteiger partial charge >= 0.3 is 5.97 Å². The number of primary amides is 1. The number of carbonyl (C=O) groups excluding carboxylic acids is 4. The van der Waals surface area contributed by atoms with Crippen LogP contribution in [0.15, 0.2) is 0 Å². The zero-order valence-electron chi connectivity index (χ0n) is 15.9. The summed E-state index contributed by atoms with van der Waals surface area (Å²) in [6.07, 6.45) is -0.0433. The van der Waals surface area contributed by atoms with Crippen LogP contribution < -0.4 is 27.4 Å². The van der Waals surface area contributed by atoms with Crippen LogP contribution in [0.1, 0.15) is 33.1 Å². The summed E-state index contributed by atoms with van der Waals surface area (Å²) >= 11 is 3.94. The molecule has 160 valence electrons. The van der Waals surface area contributed by atoms with Crippen molar-refractivity contribution in [3.8, 4) is 0 Å². The number of carboxylic acids is 1. The number of nitrogens with one attached hydrogen (secondary N) is 3. The van der Waals surface area contributed by atoms with Gasteiger partial charge in [-0.3, -0.25) is 24.0 Å². The quantitative estimate of drug-likeness (QED) is 0.163. The molecule has 0 fully saturated rings. The molecular formula is C16H29N5O6S. The second-order valence-electron chi connectivity index (χ2n) is 6.66. The normalized spacial score (nSPS) is 13.9. The predicted molar refractivity (Wildman–Crippen MR) is 104 cm³/mol.